The third-order valence-electron chi connectivity index (χ3n) is 2.63. The minimum atomic E-state index is -4.26. The van der Waals surface area contributed by atoms with Crippen molar-refractivity contribution in [3.63, 3.8) is 0 Å². The highest BCUT2D eigenvalue weighted by Gasteiger charge is 2.28. The first-order valence-corrected chi connectivity index (χ1v) is 6.69. The Morgan fingerprint density at radius 3 is 2.25 bits per heavy atom. The third kappa shape index (κ3) is 4.38. The topological polar surface area (TPSA) is 38.0 Å². The predicted octanol–water partition coefficient (Wildman–Crippen LogP) is 4.49. The standard InChI is InChI=1S/C14H13F3N2S/c15-14(16,17)20-12-7-5-11(6-8-12)19-9-10-3-1-2-4-13(10)18/h1-8,19H,9,18H2. The number of anilines is 2. The second-order valence-electron chi connectivity index (χ2n) is 4.12. The second kappa shape index (κ2) is 6.09. The molecule has 0 atom stereocenters. The van der Waals surface area contributed by atoms with Crippen molar-refractivity contribution in [2.75, 3.05) is 11.1 Å². The number of thioether (sulfide) groups is 1. The summed E-state index contributed by atoms with van der Waals surface area (Å²) in [4.78, 5) is 0.169. The summed E-state index contributed by atoms with van der Waals surface area (Å²) in [5, 5.41) is 3.12. The molecule has 0 heterocycles. The Kier molecular flexibility index (Phi) is 4.44. The van der Waals surface area contributed by atoms with Crippen LogP contribution in [0.3, 0.4) is 0 Å². The van der Waals surface area contributed by atoms with E-state index in [1.54, 1.807) is 18.2 Å². The van der Waals surface area contributed by atoms with Gasteiger partial charge in [0, 0.05) is 22.8 Å². The van der Waals surface area contributed by atoms with Gasteiger partial charge in [-0.1, -0.05) is 18.2 Å². The maximum Gasteiger partial charge on any atom is 0.446 e. The van der Waals surface area contributed by atoms with Crippen LogP contribution in [0.2, 0.25) is 0 Å². The molecule has 0 fully saturated rings. The molecular formula is C14H13F3N2S. The molecule has 2 rings (SSSR count). The zero-order valence-corrected chi connectivity index (χ0v) is 11.3. The lowest BCUT2D eigenvalue weighted by Gasteiger charge is -2.10. The zero-order chi connectivity index (χ0) is 14.6. The molecule has 106 valence electrons. The van der Waals surface area contributed by atoms with Gasteiger partial charge in [0.1, 0.15) is 0 Å². The van der Waals surface area contributed by atoms with Crippen LogP contribution in [0.5, 0.6) is 0 Å². The van der Waals surface area contributed by atoms with Crippen LogP contribution in [0.4, 0.5) is 24.5 Å². The Labute approximate surface area is 119 Å². The maximum atomic E-state index is 12.2. The van der Waals surface area contributed by atoms with Crippen molar-refractivity contribution in [2.45, 2.75) is 16.9 Å². The van der Waals surface area contributed by atoms with Gasteiger partial charge in [-0.05, 0) is 47.7 Å². The Morgan fingerprint density at radius 2 is 1.65 bits per heavy atom. The average molecular weight is 298 g/mol. The molecular weight excluding hydrogens is 285 g/mol. The molecule has 2 nitrogen and oxygen atoms in total. The van der Waals surface area contributed by atoms with Gasteiger partial charge < -0.3 is 11.1 Å². The summed E-state index contributed by atoms with van der Waals surface area (Å²) in [5.41, 5.74) is 3.93. The van der Waals surface area contributed by atoms with Crippen molar-refractivity contribution in [2.24, 2.45) is 0 Å². The molecule has 2 aromatic carbocycles. The lowest BCUT2D eigenvalue weighted by molar-refractivity contribution is -0.0328. The van der Waals surface area contributed by atoms with Crippen LogP contribution in [0.25, 0.3) is 0 Å². The van der Waals surface area contributed by atoms with Crippen molar-refractivity contribution < 1.29 is 13.2 Å². The number of nitrogens with one attached hydrogen (secondary N) is 1. The van der Waals surface area contributed by atoms with Crippen LogP contribution in [-0.4, -0.2) is 5.51 Å². The normalized spacial score (nSPS) is 11.3. The van der Waals surface area contributed by atoms with Gasteiger partial charge in [-0.3, -0.25) is 0 Å². The van der Waals surface area contributed by atoms with Gasteiger partial charge in [0.15, 0.2) is 0 Å². The lowest BCUT2D eigenvalue weighted by Crippen LogP contribution is -2.03. The number of nitrogen functional groups attached to an aromatic ring is 1. The van der Waals surface area contributed by atoms with Gasteiger partial charge in [0.05, 0.1) is 0 Å². The van der Waals surface area contributed by atoms with Crippen LogP contribution in [-0.2, 0) is 6.54 Å². The molecule has 0 spiro atoms. The summed E-state index contributed by atoms with van der Waals surface area (Å²) in [6.45, 7) is 0.526. The number of hydrogen-bond donors (Lipinski definition) is 2. The summed E-state index contributed by atoms with van der Waals surface area (Å²) in [5.74, 6) is 0. The molecule has 0 saturated heterocycles. The van der Waals surface area contributed by atoms with Gasteiger partial charge in [-0.15, -0.1) is 0 Å². The zero-order valence-electron chi connectivity index (χ0n) is 10.4. The molecule has 0 bridgehead atoms. The average Bonchev–Trinajstić information content (AvgIpc) is 2.38. The quantitative estimate of drug-likeness (QED) is 0.645. The van der Waals surface area contributed by atoms with E-state index in [2.05, 4.69) is 5.32 Å². The van der Waals surface area contributed by atoms with Gasteiger partial charge in [-0.25, -0.2) is 0 Å². The van der Waals surface area contributed by atoms with E-state index in [9.17, 15) is 13.2 Å². The largest absolute Gasteiger partial charge is 0.446 e. The van der Waals surface area contributed by atoms with Gasteiger partial charge >= 0.3 is 5.51 Å². The molecule has 0 aliphatic rings. The van der Waals surface area contributed by atoms with Gasteiger partial charge in [-0.2, -0.15) is 13.2 Å². The fourth-order valence-electron chi connectivity index (χ4n) is 1.67. The minimum Gasteiger partial charge on any atom is -0.398 e. The summed E-state index contributed by atoms with van der Waals surface area (Å²) in [7, 11) is 0. The summed E-state index contributed by atoms with van der Waals surface area (Å²) in [6.07, 6.45) is 0. The lowest BCUT2D eigenvalue weighted by atomic mass is 10.2. The first-order chi connectivity index (χ1) is 9.44. The van der Waals surface area contributed by atoms with Crippen LogP contribution in [0.15, 0.2) is 53.4 Å². The number of rotatable bonds is 4. The fraction of sp³-hybridized carbons (Fsp3) is 0.143. The number of halogens is 3. The molecule has 0 amide bonds. The third-order valence-corrected chi connectivity index (χ3v) is 3.37. The fourth-order valence-corrected chi connectivity index (χ4v) is 2.21. The SMILES string of the molecule is Nc1ccccc1CNc1ccc(SC(F)(F)F)cc1. The molecule has 3 N–H and O–H groups in total. The Balaban J connectivity index is 1.96. The van der Waals surface area contributed by atoms with E-state index >= 15 is 0 Å². The van der Waals surface area contributed by atoms with E-state index in [4.69, 9.17) is 5.73 Å². The Bertz CT molecular complexity index is 567. The van der Waals surface area contributed by atoms with Crippen LogP contribution < -0.4 is 11.1 Å². The molecule has 6 heteroatoms. The number of hydrogen-bond acceptors (Lipinski definition) is 3. The summed E-state index contributed by atoms with van der Waals surface area (Å²) in [6, 6.07) is 13.6. The first-order valence-electron chi connectivity index (χ1n) is 5.87. The molecule has 20 heavy (non-hydrogen) atoms. The highest BCUT2D eigenvalue weighted by molar-refractivity contribution is 8.00. The highest BCUT2D eigenvalue weighted by Crippen LogP contribution is 2.37. The monoisotopic (exact) mass is 298 g/mol. The smallest absolute Gasteiger partial charge is 0.398 e. The molecule has 2 aromatic rings. The molecule has 0 aliphatic heterocycles. The summed E-state index contributed by atoms with van der Waals surface area (Å²) < 4.78 is 36.6. The number of para-hydroxylation sites is 1. The van der Waals surface area contributed by atoms with Crippen LogP contribution in [0, 0.1) is 0 Å². The van der Waals surface area contributed by atoms with E-state index in [1.165, 1.54) is 12.1 Å². The van der Waals surface area contributed by atoms with Crippen molar-refractivity contribution >= 4 is 23.1 Å². The first kappa shape index (κ1) is 14.6. The van der Waals surface area contributed by atoms with Crippen molar-refractivity contribution in [1.82, 2.24) is 0 Å². The van der Waals surface area contributed by atoms with Gasteiger partial charge in [0.2, 0.25) is 0 Å². The predicted molar refractivity (Wildman–Crippen MR) is 76.5 cm³/mol. The number of benzene rings is 2. The molecule has 0 aliphatic carbocycles. The van der Waals surface area contributed by atoms with E-state index in [0.717, 1.165) is 11.3 Å². The van der Waals surface area contributed by atoms with E-state index in [0.29, 0.717) is 12.2 Å². The van der Waals surface area contributed by atoms with Crippen LogP contribution in [0.1, 0.15) is 5.56 Å². The highest BCUT2D eigenvalue weighted by atomic mass is 32.2. The minimum absolute atomic E-state index is 0.121. The molecule has 0 radical (unpaired) electrons. The van der Waals surface area contributed by atoms with Gasteiger partial charge in [0.25, 0.3) is 0 Å². The maximum absolute atomic E-state index is 12.2. The second-order valence-corrected chi connectivity index (χ2v) is 5.26. The van der Waals surface area contributed by atoms with E-state index in [-0.39, 0.29) is 16.7 Å². The number of alkyl halides is 3. The Hall–Kier alpha value is -1.82. The van der Waals surface area contributed by atoms with Crippen molar-refractivity contribution in [1.29, 1.82) is 0 Å². The molecule has 0 unspecified atom stereocenters. The number of nitrogens with two attached hydrogens (primary N) is 1. The van der Waals surface area contributed by atoms with E-state index in [1.807, 2.05) is 18.2 Å². The van der Waals surface area contributed by atoms with Crippen molar-refractivity contribution in [3.8, 4) is 0 Å². The molecule has 0 saturated carbocycles. The van der Waals surface area contributed by atoms with Crippen molar-refractivity contribution in [3.05, 3.63) is 54.1 Å². The molecule has 0 aromatic heterocycles. The summed E-state index contributed by atoms with van der Waals surface area (Å²) >= 11 is -0.121. The Morgan fingerprint density at radius 1 is 1.00 bits per heavy atom. The van der Waals surface area contributed by atoms with Crippen LogP contribution >= 0.6 is 11.8 Å². The van der Waals surface area contributed by atoms with E-state index < -0.39 is 5.51 Å².